The summed E-state index contributed by atoms with van der Waals surface area (Å²) in [6, 6.07) is 0. The first-order valence-corrected chi connectivity index (χ1v) is 6.92. The lowest BCUT2D eigenvalue weighted by molar-refractivity contribution is -0.157. The van der Waals surface area contributed by atoms with Gasteiger partial charge in [-0.2, -0.15) is 5.10 Å². The van der Waals surface area contributed by atoms with Crippen LogP contribution < -0.4 is 0 Å². The molecule has 1 aromatic heterocycles. The van der Waals surface area contributed by atoms with Crippen LogP contribution in [-0.2, 0) is 11.8 Å². The molecule has 2 atom stereocenters. The summed E-state index contributed by atoms with van der Waals surface area (Å²) in [5, 5.41) is 14.9. The molecule has 2 fully saturated rings. The van der Waals surface area contributed by atoms with E-state index >= 15 is 0 Å². The molecule has 4 nitrogen and oxygen atoms in total. The first-order chi connectivity index (χ1) is 8.60. The zero-order valence-corrected chi connectivity index (χ0v) is 11.2. The average Bonchev–Trinajstić information content (AvgIpc) is 2.66. The molecular formula is C14H22N2O2. The van der Waals surface area contributed by atoms with Crippen LogP contribution in [0.4, 0.5) is 0 Å². The van der Waals surface area contributed by atoms with E-state index in [0.717, 1.165) is 30.7 Å². The van der Waals surface area contributed by atoms with Gasteiger partial charge in [0.15, 0.2) is 0 Å². The van der Waals surface area contributed by atoms with Gasteiger partial charge in [0.2, 0.25) is 0 Å². The number of aromatic nitrogens is 2. The molecule has 1 spiro atoms. The van der Waals surface area contributed by atoms with Crippen LogP contribution >= 0.6 is 0 Å². The van der Waals surface area contributed by atoms with Gasteiger partial charge in [-0.1, -0.05) is 0 Å². The molecule has 2 aliphatic rings. The fraction of sp³-hybridized carbons (Fsp3) is 0.786. The third kappa shape index (κ3) is 1.97. The molecule has 0 aromatic carbocycles. The van der Waals surface area contributed by atoms with E-state index < -0.39 is 0 Å². The van der Waals surface area contributed by atoms with Crippen molar-refractivity contribution in [2.45, 2.75) is 50.7 Å². The summed E-state index contributed by atoms with van der Waals surface area (Å²) in [6.07, 6.45) is 7.13. The maximum atomic E-state index is 10.6. The lowest BCUT2D eigenvalue weighted by atomic mass is 9.70. The van der Waals surface area contributed by atoms with Crippen LogP contribution in [0, 0.1) is 12.8 Å². The Morgan fingerprint density at radius 3 is 2.89 bits per heavy atom. The highest BCUT2D eigenvalue weighted by atomic mass is 16.5. The molecule has 0 amide bonds. The molecule has 2 unspecified atom stereocenters. The second-order valence-electron chi connectivity index (χ2n) is 5.93. The molecule has 1 aliphatic heterocycles. The van der Waals surface area contributed by atoms with E-state index in [1.165, 1.54) is 19.3 Å². The molecule has 1 saturated carbocycles. The van der Waals surface area contributed by atoms with Gasteiger partial charge in [-0.05, 0) is 44.9 Å². The van der Waals surface area contributed by atoms with Crippen molar-refractivity contribution in [3.05, 3.63) is 17.5 Å². The van der Waals surface area contributed by atoms with Crippen LogP contribution in [0.5, 0.6) is 0 Å². The third-order valence-electron chi connectivity index (χ3n) is 4.61. The molecule has 1 saturated heterocycles. The molecule has 3 rings (SSSR count). The predicted molar refractivity (Wildman–Crippen MR) is 68.2 cm³/mol. The fourth-order valence-electron chi connectivity index (χ4n) is 3.42. The minimum absolute atomic E-state index is 0.0972. The van der Waals surface area contributed by atoms with Crippen LogP contribution in [-0.4, -0.2) is 27.1 Å². The number of aliphatic hydroxyl groups excluding tert-OH is 1. The number of hydrogen-bond donors (Lipinski definition) is 1. The first kappa shape index (κ1) is 12.2. The summed E-state index contributed by atoms with van der Waals surface area (Å²) in [7, 11) is 1.90. The van der Waals surface area contributed by atoms with E-state index in [-0.39, 0.29) is 11.7 Å². The van der Waals surface area contributed by atoms with Gasteiger partial charge in [0.25, 0.3) is 0 Å². The Bertz CT molecular complexity index is 437. The maximum absolute atomic E-state index is 10.6. The largest absolute Gasteiger partial charge is 0.388 e. The van der Waals surface area contributed by atoms with Gasteiger partial charge >= 0.3 is 0 Å². The third-order valence-corrected chi connectivity index (χ3v) is 4.61. The van der Waals surface area contributed by atoms with Crippen LogP contribution in [0.2, 0.25) is 0 Å². The minimum Gasteiger partial charge on any atom is -0.388 e. The van der Waals surface area contributed by atoms with E-state index in [9.17, 15) is 5.11 Å². The van der Waals surface area contributed by atoms with Crippen LogP contribution in [0.25, 0.3) is 0 Å². The molecule has 0 radical (unpaired) electrons. The highest BCUT2D eigenvalue weighted by Crippen LogP contribution is 2.47. The van der Waals surface area contributed by atoms with E-state index in [2.05, 4.69) is 5.10 Å². The number of nitrogens with zero attached hydrogens (tertiary/aromatic N) is 2. The number of ether oxygens (including phenoxy) is 1. The molecule has 100 valence electrons. The van der Waals surface area contributed by atoms with Crippen LogP contribution in [0.3, 0.4) is 0 Å². The quantitative estimate of drug-likeness (QED) is 0.874. The summed E-state index contributed by atoms with van der Waals surface area (Å²) in [6.45, 7) is 2.76. The number of aryl methyl sites for hydroxylation is 2. The van der Waals surface area contributed by atoms with E-state index in [0.29, 0.717) is 5.92 Å². The SMILES string of the molecule is Cc1nn(C)cc1C(O)C1CCOC2(CCC2)C1. The maximum Gasteiger partial charge on any atom is 0.0853 e. The second-order valence-corrected chi connectivity index (χ2v) is 5.93. The average molecular weight is 250 g/mol. The van der Waals surface area contributed by atoms with Crippen LogP contribution in [0.1, 0.15) is 49.5 Å². The standard InChI is InChI=1S/C14H22N2O2/c1-10-12(9-16(2)15-10)13(17)11-4-7-18-14(8-11)5-3-6-14/h9,11,13,17H,3-8H2,1-2H3. The number of aliphatic hydroxyl groups is 1. The molecule has 18 heavy (non-hydrogen) atoms. The van der Waals surface area contributed by atoms with Gasteiger partial charge in [-0.15, -0.1) is 0 Å². The molecule has 1 aromatic rings. The molecular weight excluding hydrogens is 228 g/mol. The molecule has 4 heteroatoms. The molecule has 1 aliphatic carbocycles. The monoisotopic (exact) mass is 250 g/mol. The second kappa shape index (κ2) is 4.35. The zero-order chi connectivity index (χ0) is 12.8. The molecule has 0 bridgehead atoms. The topological polar surface area (TPSA) is 47.3 Å². The number of hydrogen-bond acceptors (Lipinski definition) is 3. The Kier molecular flexibility index (Phi) is 2.94. The smallest absolute Gasteiger partial charge is 0.0853 e. The Labute approximate surface area is 108 Å². The van der Waals surface area contributed by atoms with Crippen molar-refractivity contribution < 1.29 is 9.84 Å². The highest BCUT2D eigenvalue weighted by Gasteiger charge is 2.44. The van der Waals surface area contributed by atoms with E-state index in [4.69, 9.17) is 4.74 Å². The molecule has 1 N–H and O–H groups in total. The lowest BCUT2D eigenvalue weighted by Gasteiger charge is -2.48. The Balaban J connectivity index is 1.75. The minimum atomic E-state index is -0.389. The van der Waals surface area contributed by atoms with Crippen LogP contribution in [0.15, 0.2) is 6.20 Å². The normalized spacial score (nSPS) is 28.1. The number of rotatable bonds is 2. The summed E-state index contributed by atoms with van der Waals surface area (Å²) >= 11 is 0. The lowest BCUT2D eigenvalue weighted by Crippen LogP contribution is -2.46. The summed E-state index contributed by atoms with van der Waals surface area (Å²) < 4.78 is 7.71. The zero-order valence-electron chi connectivity index (χ0n) is 11.2. The van der Waals surface area contributed by atoms with Gasteiger partial charge < -0.3 is 9.84 Å². The van der Waals surface area contributed by atoms with Gasteiger partial charge in [0.1, 0.15) is 0 Å². The fourth-order valence-corrected chi connectivity index (χ4v) is 3.42. The first-order valence-electron chi connectivity index (χ1n) is 6.92. The predicted octanol–water partition coefficient (Wildman–Crippen LogP) is 2.11. The van der Waals surface area contributed by atoms with Crippen molar-refractivity contribution in [1.82, 2.24) is 9.78 Å². The van der Waals surface area contributed by atoms with E-state index in [1.54, 1.807) is 4.68 Å². The summed E-state index contributed by atoms with van der Waals surface area (Å²) in [5.41, 5.74) is 2.03. The van der Waals surface area contributed by atoms with Gasteiger partial charge in [0.05, 0.1) is 17.4 Å². The summed E-state index contributed by atoms with van der Waals surface area (Å²) in [4.78, 5) is 0. The van der Waals surface area contributed by atoms with Crippen molar-refractivity contribution in [2.75, 3.05) is 6.61 Å². The Morgan fingerprint density at radius 2 is 2.33 bits per heavy atom. The van der Waals surface area contributed by atoms with Crippen molar-refractivity contribution in [1.29, 1.82) is 0 Å². The Morgan fingerprint density at radius 1 is 1.56 bits per heavy atom. The van der Waals surface area contributed by atoms with E-state index in [1.807, 2.05) is 20.2 Å². The molecule has 2 heterocycles. The van der Waals surface area contributed by atoms with Gasteiger partial charge in [0, 0.05) is 25.4 Å². The van der Waals surface area contributed by atoms with Crippen molar-refractivity contribution >= 4 is 0 Å². The Hall–Kier alpha value is -0.870. The highest BCUT2D eigenvalue weighted by molar-refractivity contribution is 5.19. The summed E-state index contributed by atoms with van der Waals surface area (Å²) in [5.74, 6) is 0.321. The van der Waals surface area contributed by atoms with Gasteiger partial charge in [-0.25, -0.2) is 0 Å². The van der Waals surface area contributed by atoms with Crippen molar-refractivity contribution in [2.24, 2.45) is 13.0 Å². The van der Waals surface area contributed by atoms with Gasteiger partial charge in [-0.3, -0.25) is 4.68 Å². The van der Waals surface area contributed by atoms with Crippen molar-refractivity contribution in [3.8, 4) is 0 Å². The van der Waals surface area contributed by atoms with Crippen molar-refractivity contribution in [3.63, 3.8) is 0 Å².